The van der Waals surface area contributed by atoms with E-state index in [1.165, 1.54) is 11.0 Å². The molecule has 2 aromatic heterocycles. The first-order valence-electron chi connectivity index (χ1n) is 15.5. The molecule has 3 N–H and O–H groups in total. The smallest absolute Gasteiger partial charge is 0.358 e. The van der Waals surface area contributed by atoms with Gasteiger partial charge in [0.15, 0.2) is 0 Å². The summed E-state index contributed by atoms with van der Waals surface area (Å²) >= 11 is 0. The van der Waals surface area contributed by atoms with Crippen molar-refractivity contribution >= 4 is 16.9 Å². The minimum Gasteiger partial charge on any atom is -0.358 e. The topological polar surface area (TPSA) is 89.7 Å². The molecule has 6 rings (SSSR count). The minimum atomic E-state index is -4.78. The van der Waals surface area contributed by atoms with Gasteiger partial charge in [0.1, 0.15) is 22.7 Å². The quantitative estimate of drug-likeness (QED) is 0.119. The molecule has 7 nitrogen and oxygen atoms in total. The second-order valence-corrected chi connectivity index (χ2v) is 12.4. The highest BCUT2D eigenvalue weighted by molar-refractivity contribution is 5.80. The van der Waals surface area contributed by atoms with Gasteiger partial charge in [0.05, 0.1) is 12.0 Å². The van der Waals surface area contributed by atoms with Crippen LogP contribution in [0.25, 0.3) is 22.3 Å². The summed E-state index contributed by atoms with van der Waals surface area (Å²) in [6, 6.07) is 12.1. The lowest BCUT2D eigenvalue weighted by molar-refractivity contribution is -0.139. The first-order valence-corrected chi connectivity index (χ1v) is 15.5. The molecule has 1 aliphatic heterocycles. The number of nitrogens with zero attached hydrogens (tertiary/aromatic N) is 3. The monoisotopic (exact) mass is 650 g/mol. The fraction of sp³-hybridized carbons (Fsp3) is 0.343. The predicted octanol–water partition coefficient (Wildman–Crippen LogP) is 6.93. The van der Waals surface area contributed by atoms with Crippen molar-refractivity contribution in [3.05, 3.63) is 105 Å². The van der Waals surface area contributed by atoms with Gasteiger partial charge in [0.25, 0.3) is 0 Å². The Kier molecular flexibility index (Phi) is 8.88. The van der Waals surface area contributed by atoms with Crippen LogP contribution < -0.4 is 5.32 Å². The van der Waals surface area contributed by atoms with Crippen molar-refractivity contribution in [3.8, 4) is 11.3 Å². The lowest BCUT2D eigenvalue weighted by Gasteiger charge is -2.29. The number of nitrogens with one attached hydrogen (secondary N) is 3. The molecule has 3 heterocycles. The van der Waals surface area contributed by atoms with Crippen LogP contribution in [-0.2, 0) is 36.8 Å². The van der Waals surface area contributed by atoms with Crippen LogP contribution in [0.4, 0.5) is 22.0 Å². The third-order valence-corrected chi connectivity index (χ3v) is 8.83. The van der Waals surface area contributed by atoms with Crippen LogP contribution in [0.5, 0.6) is 0 Å². The number of fused-ring (bicyclic) bond motifs is 2. The summed E-state index contributed by atoms with van der Waals surface area (Å²) in [6.07, 6.45) is -4.55. The Morgan fingerprint density at radius 1 is 1.02 bits per heavy atom. The average molecular weight is 651 g/mol. The average Bonchev–Trinajstić information content (AvgIpc) is 3.63. The molecular formula is C35H35F5N6O. The van der Waals surface area contributed by atoms with E-state index in [4.69, 9.17) is 0 Å². The third-order valence-electron chi connectivity index (χ3n) is 8.83. The van der Waals surface area contributed by atoms with Gasteiger partial charge in [-0.2, -0.15) is 28.6 Å². The summed E-state index contributed by atoms with van der Waals surface area (Å²) in [5.74, 6) is -2.01. The SMILES string of the molecule is Cc1cc(C)cc(-c2[nH]c3c(c2[C@H](C)CNCCc2cc4n[nH]nc4cc2F)CN(C(=O)Cc2c(F)cccc2C(F)(F)F)CC3)c1. The molecule has 246 valence electrons. The summed E-state index contributed by atoms with van der Waals surface area (Å²) in [7, 11) is 0. The van der Waals surface area contributed by atoms with E-state index in [0.29, 0.717) is 49.1 Å². The molecule has 12 heteroatoms. The molecule has 1 amide bonds. The van der Waals surface area contributed by atoms with Gasteiger partial charge in [-0.1, -0.05) is 30.2 Å². The van der Waals surface area contributed by atoms with Crippen LogP contribution in [0, 0.1) is 25.5 Å². The van der Waals surface area contributed by atoms with Crippen LogP contribution >= 0.6 is 0 Å². The van der Waals surface area contributed by atoms with Gasteiger partial charge in [-0.05, 0) is 85.3 Å². The third kappa shape index (κ3) is 6.78. The molecule has 1 aliphatic rings. The van der Waals surface area contributed by atoms with Gasteiger partial charge in [0.2, 0.25) is 5.91 Å². The van der Waals surface area contributed by atoms with Crippen molar-refractivity contribution in [2.45, 2.75) is 58.7 Å². The number of aromatic nitrogens is 4. The number of H-pyrrole nitrogens is 2. The number of amides is 1. The number of halogens is 5. The Labute approximate surface area is 268 Å². The summed E-state index contributed by atoms with van der Waals surface area (Å²) in [5, 5.41) is 13.9. The van der Waals surface area contributed by atoms with Crippen molar-refractivity contribution in [1.29, 1.82) is 0 Å². The van der Waals surface area contributed by atoms with E-state index in [1.807, 2.05) is 13.8 Å². The number of carbonyl (C=O) groups excluding carboxylic acids is 1. The summed E-state index contributed by atoms with van der Waals surface area (Å²) in [4.78, 5) is 18.5. The molecule has 0 radical (unpaired) electrons. The highest BCUT2D eigenvalue weighted by Crippen LogP contribution is 2.38. The number of carbonyl (C=O) groups is 1. The van der Waals surface area contributed by atoms with E-state index >= 15 is 0 Å². The van der Waals surface area contributed by atoms with Crippen LogP contribution in [0.3, 0.4) is 0 Å². The number of aryl methyl sites for hydroxylation is 2. The largest absolute Gasteiger partial charge is 0.416 e. The number of aromatic amines is 2. The lowest BCUT2D eigenvalue weighted by atomic mass is 9.90. The Hall–Kier alpha value is -4.58. The van der Waals surface area contributed by atoms with Crippen LogP contribution in [0.15, 0.2) is 48.5 Å². The standard InChI is InChI=1S/C35H35F5N6O/c1-19-11-20(2)13-23(12-19)34-33(21(3)17-41-9-7-22-14-30-31(16-28(22)37)44-45-43-30)25-18-46(10-8-29(25)42-34)32(47)15-24-26(35(38,39)40)5-4-6-27(24)36/h4-6,11-14,16,21,41-42H,7-10,15,17-18H2,1-3H3,(H,43,44,45)/t21-/m1/s1. The maximum Gasteiger partial charge on any atom is 0.416 e. The zero-order valence-electron chi connectivity index (χ0n) is 26.3. The fourth-order valence-electron chi connectivity index (χ4n) is 6.63. The normalized spacial score (nSPS) is 14.1. The van der Waals surface area contributed by atoms with Crippen LogP contribution in [0.1, 0.15) is 57.5 Å². The molecule has 3 aromatic carbocycles. The molecule has 47 heavy (non-hydrogen) atoms. The van der Waals surface area contributed by atoms with E-state index in [2.05, 4.69) is 50.8 Å². The van der Waals surface area contributed by atoms with Gasteiger partial charge in [-0.25, -0.2) is 8.78 Å². The molecule has 0 unspecified atom stereocenters. The van der Waals surface area contributed by atoms with Gasteiger partial charge >= 0.3 is 6.18 Å². The van der Waals surface area contributed by atoms with Gasteiger partial charge in [-0.3, -0.25) is 4.79 Å². The van der Waals surface area contributed by atoms with E-state index in [0.717, 1.165) is 57.4 Å². The lowest BCUT2D eigenvalue weighted by Crippen LogP contribution is -2.37. The fourth-order valence-corrected chi connectivity index (χ4v) is 6.63. The van der Waals surface area contributed by atoms with Gasteiger partial charge < -0.3 is 15.2 Å². The minimum absolute atomic E-state index is 0.0489. The number of hydrogen-bond acceptors (Lipinski definition) is 4. The number of rotatable bonds is 9. The van der Waals surface area contributed by atoms with Crippen LogP contribution in [-0.4, -0.2) is 50.8 Å². The Morgan fingerprint density at radius 2 is 1.74 bits per heavy atom. The maximum absolute atomic E-state index is 14.6. The Bertz CT molecular complexity index is 1920. The molecular weight excluding hydrogens is 615 g/mol. The first-order chi connectivity index (χ1) is 22.4. The Morgan fingerprint density at radius 3 is 2.47 bits per heavy atom. The number of hydrogen-bond donors (Lipinski definition) is 3. The van der Waals surface area contributed by atoms with E-state index in [1.54, 1.807) is 6.07 Å². The van der Waals surface area contributed by atoms with Crippen LogP contribution in [0.2, 0.25) is 0 Å². The van der Waals surface area contributed by atoms with Crippen molar-refractivity contribution < 1.29 is 26.7 Å². The van der Waals surface area contributed by atoms with Crippen molar-refractivity contribution in [3.63, 3.8) is 0 Å². The second kappa shape index (κ2) is 12.9. The van der Waals surface area contributed by atoms with E-state index in [9.17, 15) is 26.7 Å². The van der Waals surface area contributed by atoms with Gasteiger partial charge in [0, 0.05) is 49.1 Å². The molecule has 0 fully saturated rings. The number of benzene rings is 3. The van der Waals surface area contributed by atoms with Crippen molar-refractivity contribution in [2.75, 3.05) is 19.6 Å². The van der Waals surface area contributed by atoms with Crippen molar-refractivity contribution in [2.24, 2.45) is 0 Å². The zero-order chi connectivity index (χ0) is 33.5. The second-order valence-electron chi connectivity index (χ2n) is 12.4. The van der Waals surface area contributed by atoms with Gasteiger partial charge in [-0.15, -0.1) is 0 Å². The highest BCUT2D eigenvalue weighted by atomic mass is 19.4. The molecule has 0 spiro atoms. The molecule has 5 aromatic rings. The Balaban J connectivity index is 1.24. The number of alkyl halides is 3. The molecule has 0 saturated heterocycles. The van der Waals surface area contributed by atoms with E-state index < -0.39 is 35.4 Å². The maximum atomic E-state index is 14.6. The predicted molar refractivity (Wildman–Crippen MR) is 169 cm³/mol. The summed E-state index contributed by atoms with van der Waals surface area (Å²) in [6.45, 7) is 7.66. The van der Waals surface area contributed by atoms with E-state index in [-0.39, 0.29) is 18.3 Å². The molecule has 0 saturated carbocycles. The molecule has 0 aliphatic carbocycles. The first kappa shape index (κ1) is 32.4. The van der Waals surface area contributed by atoms with Crippen molar-refractivity contribution in [1.82, 2.24) is 30.6 Å². The highest BCUT2D eigenvalue weighted by Gasteiger charge is 2.36. The summed E-state index contributed by atoms with van der Waals surface area (Å²) < 4.78 is 70.2. The summed E-state index contributed by atoms with van der Waals surface area (Å²) in [5.41, 5.74) is 6.82. The molecule has 0 bridgehead atoms. The molecule has 1 atom stereocenters. The zero-order valence-corrected chi connectivity index (χ0v) is 26.3.